The Kier molecular flexibility index (Phi) is 6.01. The van der Waals surface area contributed by atoms with Gasteiger partial charge >= 0.3 is 0 Å². The Balaban J connectivity index is 1.86. The number of nitrogens with zero attached hydrogens (tertiary/aromatic N) is 1. The number of amides is 1. The summed E-state index contributed by atoms with van der Waals surface area (Å²) in [6.45, 7) is 3.75. The van der Waals surface area contributed by atoms with E-state index in [1.807, 2.05) is 31.2 Å². The molecule has 7 heteroatoms. The van der Waals surface area contributed by atoms with Gasteiger partial charge in [-0.3, -0.25) is 4.79 Å². The van der Waals surface area contributed by atoms with Gasteiger partial charge in [-0.15, -0.1) is 0 Å². The van der Waals surface area contributed by atoms with E-state index in [1.54, 1.807) is 0 Å². The molecule has 1 aliphatic rings. The van der Waals surface area contributed by atoms with Crippen LogP contribution in [0.1, 0.15) is 25.3 Å². The van der Waals surface area contributed by atoms with E-state index >= 15 is 0 Å². The number of rotatable bonds is 6. The number of benzene rings is 1. The number of carbonyl (C=O) groups excluding carboxylic acids is 1. The van der Waals surface area contributed by atoms with Crippen molar-refractivity contribution in [3.63, 3.8) is 0 Å². The first-order valence-electron chi connectivity index (χ1n) is 7.84. The molecule has 0 saturated carbocycles. The fraction of sp³-hybridized carbons (Fsp3) is 0.562. The lowest BCUT2D eigenvalue weighted by atomic mass is 9.99. The van der Waals surface area contributed by atoms with Crippen molar-refractivity contribution in [2.75, 3.05) is 26.0 Å². The molecule has 0 unspecified atom stereocenters. The van der Waals surface area contributed by atoms with E-state index in [2.05, 4.69) is 5.32 Å². The van der Waals surface area contributed by atoms with Crippen molar-refractivity contribution in [2.45, 2.75) is 26.3 Å². The lowest BCUT2D eigenvalue weighted by Gasteiger charge is -2.30. The Morgan fingerprint density at radius 2 is 2.04 bits per heavy atom. The minimum absolute atomic E-state index is 0.0905. The first kappa shape index (κ1) is 17.7. The summed E-state index contributed by atoms with van der Waals surface area (Å²) >= 11 is 0. The van der Waals surface area contributed by atoms with Crippen LogP contribution in [0.2, 0.25) is 0 Å². The van der Waals surface area contributed by atoms with E-state index in [0.29, 0.717) is 26.1 Å². The smallest absolute Gasteiger partial charge is 0.224 e. The van der Waals surface area contributed by atoms with Crippen molar-refractivity contribution in [1.29, 1.82) is 0 Å². The minimum atomic E-state index is -3.23. The van der Waals surface area contributed by atoms with Crippen LogP contribution in [0.25, 0.3) is 0 Å². The zero-order valence-electron chi connectivity index (χ0n) is 13.6. The zero-order valence-corrected chi connectivity index (χ0v) is 14.4. The van der Waals surface area contributed by atoms with Crippen molar-refractivity contribution in [3.8, 4) is 5.75 Å². The monoisotopic (exact) mass is 340 g/mol. The summed E-state index contributed by atoms with van der Waals surface area (Å²) in [5.74, 6) is 0.437. The van der Waals surface area contributed by atoms with Crippen LogP contribution in [-0.2, 0) is 21.4 Å². The number of ether oxygens (including phenoxy) is 1. The maximum Gasteiger partial charge on any atom is 0.224 e. The standard InChI is InChI=1S/C16H24N2O4S/c1-3-22-15-8-6-13(7-9-15)11-17-16(19)14-5-4-10-18(12-14)23(2,20)21/h6-9,14H,3-5,10-12H2,1-2H3,(H,17,19)/t14-/m1/s1. The lowest BCUT2D eigenvalue weighted by Crippen LogP contribution is -2.44. The van der Waals surface area contributed by atoms with Gasteiger partial charge in [0.15, 0.2) is 0 Å². The predicted octanol–water partition coefficient (Wildman–Crippen LogP) is 1.37. The molecule has 1 heterocycles. The van der Waals surface area contributed by atoms with Gasteiger partial charge < -0.3 is 10.1 Å². The van der Waals surface area contributed by atoms with Crippen LogP contribution >= 0.6 is 0 Å². The molecule has 6 nitrogen and oxygen atoms in total. The zero-order chi connectivity index (χ0) is 16.9. The van der Waals surface area contributed by atoms with E-state index in [9.17, 15) is 13.2 Å². The number of nitrogens with one attached hydrogen (secondary N) is 1. The molecule has 0 aliphatic carbocycles. The van der Waals surface area contributed by atoms with Crippen molar-refractivity contribution in [3.05, 3.63) is 29.8 Å². The fourth-order valence-electron chi connectivity index (χ4n) is 2.66. The van der Waals surface area contributed by atoms with Gasteiger partial charge in [0.25, 0.3) is 0 Å². The minimum Gasteiger partial charge on any atom is -0.494 e. The van der Waals surface area contributed by atoms with E-state index in [0.717, 1.165) is 17.7 Å². The third kappa shape index (κ3) is 5.21. The van der Waals surface area contributed by atoms with Crippen LogP contribution in [0.4, 0.5) is 0 Å². The van der Waals surface area contributed by atoms with Crippen molar-refractivity contribution in [2.24, 2.45) is 5.92 Å². The molecule has 1 saturated heterocycles. The van der Waals surface area contributed by atoms with Gasteiger partial charge in [0.05, 0.1) is 18.8 Å². The molecule has 0 aromatic heterocycles. The molecular formula is C16H24N2O4S. The average molecular weight is 340 g/mol. The summed E-state index contributed by atoms with van der Waals surface area (Å²) in [7, 11) is -3.23. The third-order valence-electron chi connectivity index (χ3n) is 3.93. The number of hydrogen-bond acceptors (Lipinski definition) is 4. The van der Waals surface area contributed by atoms with E-state index in [1.165, 1.54) is 10.6 Å². The topological polar surface area (TPSA) is 75.7 Å². The van der Waals surface area contributed by atoms with Crippen LogP contribution in [0.5, 0.6) is 5.75 Å². The molecule has 1 atom stereocenters. The van der Waals surface area contributed by atoms with Crippen LogP contribution in [0.3, 0.4) is 0 Å². The number of sulfonamides is 1. The average Bonchev–Trinajstić information content (AvgIpc) is 2.53. The Labute approximate surface area is 137 Å². The Bertz CT molecular complexity index is 628. The highest BCUT2D eigenvalue weighted by Gasteiger charge is 2.29. The van der Waals surface area contributed by atoms with Gasteiger partial charge in [-0.1, -0.05) is 12.1 Å². The van der Waals surface area contributed by atoms with Crippen LogP contribution in [-0.4, -0.2) is 44.6 Å². The van der Waals surface area contributed by atoms with Gasteiger partial charge in [0.1, 0.15) is 5.75 Å². The molecule has 1 aromatic carbocycles. The molecule has 0 radical (unpaired) electrons. The second-order valence-electron chi connectivity index (χ2n) is 5.75. The molecule has 23 heavy (non-hydrogen) atoms. The quantitative estimate of drug-likeness (QED) is 0.849. The molecule has 0 spiro atoms. The van der Waals surface area contributed by atoms with Crippen molar-refractivity contribution >= 4 is 15.9 Å². The molecule has 2 rings (SSSR count). The molecule has 1 aliphatic heterocycles. The van der Waals surface area contributed by atoms with Gasteiger partial charge in [-0.05, 0) is 37.5 Å². The Morgan fingerprint density at radius 3 is 2.65 bits per heavy atom. The molecule has 128 valence electrons. The first-order chi connectivity index (χ1) is 10.9. The Morgan fingerprint density at radius 1 is 1.35 bits per heavy atom. The second kappa shape index (κ2) is 7.79. The Hall–Kier alpha value is -1.60. The van der Waals surface area contributed by atoms with Crippen molar-refractivity contribution < 1.29 is 17.9 Å². The van der Waals surface area contributed by atoms with E-state index in [-0.39, 0.29) is 18.4 Å². The van der Waals surface area contributed by atoms with Crippen LogP contribution < -0.4 is 10.1 Å². The molecule has 0 bridgehead atoms. The summed E-state index contributed by atoms with van der Waals surface area (Å²) < 4.78 is 30.0. The summed E-state index contributed by atoms with van der Waals surface area (Å²) in [5.41, 5.74) is 0.984. The number of hydrogen-bond donors (Lipinski definition) is 1. The summed E-state index contributed by atoms with van der Waals surface area (Å²) in [5, 5.41) is 2.89. The van der Waals surface area contributed by atoms with Gasteiger partial charge in [0, 0.05) is 19.6 Å². The number of carbonyl (C=O) groups is 1. The molecule has 1 fully saturated rings. The van der Waals surface area contributed by atoms with Gasteiger partial charge in [-0.25, -0.2) is 12.7 Å². The van der Waals surface area contributed by atoms with Gasteiger partial charge in [0.2, 0.25) is 15.9 Å². The van der Waals surface area contributed by atoms with Crippen LogP contribution in [0.15, 0.2) is 24.3 Å². The molecule has 1 amide bonds. The normalized spacial score (nSPS) is 19.3. The highest BCUT2D eigenvalue weighted by Crippen LogP contribution is 2.19. The maximum absolute atomic E-state index is 12.3. The highest BCUT2D eigenvalue weighted by atomic mass is 32.2. The van der Waals surface area contributed by atoms with Crippen molar-refractivity contribution in [1.82, 2.24) is 9.62 Å². The van der Waals surface area contributed by atoms with Crippen LogP contribution in [0, 0.1) is 5.92 Å². The highest BCUT2D eigenvalue weighted by molar-refractivity contribution is 7.88. The van der Waals surface area contributed by atoms with E-state index < -0.39 is 10.0 Å². The molecular weight excluding hydrogens is 316 g/mol. The summed E-state index contributed by atoms with van der Waals surface area (Å²) in [4.78, 5) is 12.3. The first-order valence-corrected chi connectivity index (χ1v) is 9.69. The summed E-state index contributed by atoms with van der Waals surface area (Å²) in [6, 6.07) is 7.57. The number of piperidine rings is 1. The van der Waals surface area contributed by atoms with Gasteiger partial charge in [-0.2, -0.15) is 0 Å². The summed E-state index contributed by atoms with van der Waals surface area (Å²) in [6.07, 6.45) is 2.63. The molecule has 1 N–H and O–H groups in total. The third-order valence-corrected chi connectivity index (χ3v) is 5.19. The molecule has 1 aromatic rings. The fourth-order valence-corrected chi connectivity index (χ4v) is 3.57. The maximum atomic E-state index is 12.3. The largest absolute Gasteiger partial charge is 0.494 e. The predicted molar refractivity (Wildman–Crippen MR) is 88.6 cm³/mol. The van der Waals surface area contributed by atoms with E-state index in [4.69, 9.17) is 4.74 Å². The second-order valence-corrected chi connectivity index (χ2v) is 7.74. The SMILES string of the molecule is CCOc1ccc(CNC(=O)[C@@H]2CCCN(S(C)(=O)=O)C2)cc1. The lowest BCUT2D eigenvalue weighted by molar-refractivity contribution is -0.126.